The van der Waals surface area contributed by atoms with E-state index in [1.807, 2.05) is 0 Å². The molecular formula is C47H32O. The van der Waals surface area contributed by atoms with Crippen molar-refractivity contribution in [3.05, 3.63) is 169 Å². The maximum atomic E-state index is 6.53. The summed E-state index contributed by atoms with van der Waals surface area (Å²) in [4.78, 5) is 0. The van der Waals surface area contributed by atoms with Crippen molar-refractivity contribution in [2.24, 2.45) is 0 Å². The van der Waals surface area contributed by atoms with Crippen molar-refractivity contribution >= 4 is 21.5 Å². The SMILES string of the molecule is CC1(C)c2ccccc2-c2c1cc(-c1ccc(-c3ccc4c(c3)-c3cccc5c(-c6ccccc6)ccc(c35)O4)cc1)c1ccccc21. The van der Waals surface area contributed by atoms with Gasteiger partial charge in [-0.2, -0.15) is 0 Å². The van der Waals surface area contributed by atoms with Crippen molar-refractivity contribution in [3.8, 4) is 67.1 Å². The summed E-state index contributed by atoms with van der Waals surface area (Å²) < 4.78 is 6.53. The van der Waals surface area contributed by atoms with Crippen LogP contribution in [0.25, 0.3) is 77.2 Å². The van der Waals surface area contributed by atoms with E-state index in [1.165, 1.54) is 82.7 Å². The molecule has 0 amide bonds. The molecule has 48 heavy (non-hydrogen) atoms. The summed E-state index contributed by atoms with van der Waals surface area (Å²) in [5.74, 6) is 1.81. The zero-order valence-electron chi connectivity index (χ0n) is 26.9. The van der Waals surface area contributed by atoms with Crippen LogP contribution in [-0.2, 0) is 5.41 Å². The van der Waals surface area contributed by atoms with Crippen LogP contribution in [-0.4, -0.2) is 0 Å². The second kappa shape index (κ2) is 10.0. The largest absolute Gasteiger partial charge is 0.456 e. The number of ether oxygens (including phenoxy) is 1. The molecule has 0 atom stereocenters. The molecule has 0 N–H and O–H groups in total. The highest BCUT2D eigenvalue weighted by Crippen LogP contribution is 2.53. The van der Waals surface area contributed by atoms with E-state index in [0.717, 1.165) is 17.1 Å². The summed E-state index contributed by atoms with van der Waals surface area (Å²) in [6.45, 7) is 4.72. The molecule has 1 heteroatoms. The Morgan fingerprint density at radius 2 is 1.02 bits per heavy atom. The Morgan fingerprint density at radius 3 is 1.88 bits per heavy atom. The molecule has 2 aliphatic rings. The quantitative estimate of drug-likeness (QED) is 0.193. The van der Waals surface area contributed by atoms with E-state index in [4.69, 9.17) is 4.74 Å². The van der Waals surface area contributed by atoms with Crippen LogP contribution in [0.5, 0.6) is 11.5 Å². The summed E-state index contributed by atoms with van der Waals surface area (Å²) in [5, 5.41) is 5.01. The number of rotatable bonds is 3. The Balaban J connectivity index is 1.07. The first-order valence-corrected chi connectivity index (χ1v) is 16.8. The Labute approximate surface area is 280 Å². The van der Waals surface area contributed by atoms with Gasteiger partial charge in [0.05, 0.1) is 0 Å². The Kier molecular flexibility index (Phi) is 5.69. The maximum absolute atomic E-state index is 6.53. The maximum Gasteiger partial charge on any atom is 0.135 e. The molecule has 226 valence electrons. The minimum atomic E-state index is -0.0564. The fourth-order valence-corrected chi connectivity index (χ4v) is 8.31. The second-order valence-corrected chi connectivity index (χ2v) is 13.7. The highest BCUT2D eigenvalue weighted by atomic mass is 16.5. The van der Waals surface area contributed by atoms with Gasteiger partial charge in [-0.15, -0.1) is 0 Å². The fraction of sp³-hybridized carbons (Fsp3) is 0.0638. The summed E-state index contributed by atoms with van der Waals surface area (Å²) in [6, 6.07) is 57.5. The molecule has 0 radical (unpaired) electrons. The lowest BCUT2D eigenvalue weighted by Gasteiger charge is -2.23. The second-order valence-electron chi connectivity index (χ2n) is 13.7. The van der Waals surface area contributed by atoms with E-state index in [1.54, 1.807) is 0 Å². The molecule has 0 saturated heterocycles. The van der Waals surface area contributed by atoms with Crippen LogP contribution < -0.4 is 4.74 Å². The monoisotopic (exact) mass is 612 g/mol. The van der Waals surface area contributed by atoms with Gasteiger partial charge in [0, 0.05) is 16.4 Å². The zero-order valence-corrected chi connectivity index (χ0v) is 26.9. The van der Waals surface area contributed by atoms with Crippen molar-refractivity contribution in [3.63, 3.8) is 0 Å². The predicted molar refractivity (Wildman–Crippen MR) is 201 cm³/mol. The van der Waals surface area contributed by atoms with Crippen molar-refractivity contribution in [1.82, 2.24) is 0 Å². The highest BCUT2D eigenvalue weighted by molar-refractivity contribution is 6.11. The average Bonchev–Trinajstić information content (AvgIpc) is 3.38. The molecule has 8 aromatic rings. The summed E-state index contributed by atoms with van der Waals surface area (Å²) in [7, 11) is 0. The first-order valence-electron chi connectivity index (χ1n) is 16.8. The summed E-state index contributed by atoms with van der Waals surface area (Å²) in [6.07, 6.45) is 0. The minimum absolute atomic E-state index is 0.0564. The standard InChI is InChI=1S/C47H32O/c1-47(2)41-18-9-8-15-38(41)45-36-14-7-6-13-34(36)39(28-42(45)47)31-21-19-29(20-22-31)32-23-25-43-40(27-32)37-17-10-16-35-33(30-11-4-3-5-12-30)24-26-44(48-43)46(35)37/h3-28H,1-2H3. The van der Waals surface area contributed by atoms with Gasteiger partial charge in [-0.1, -0.05) is 147 Å². The molecular weight excluding hydrogens is 581 g/mol. The van der Waals surface area contributed by atoms with Gasteiger partial charge in [0.1, 0.15) is 11.5 Å². The van der Waals surface area contributed by atoms with E-state index >= 15 is 0 Å². The first-order chi connectivity index (χ1) is 23.6. The number of hydrogen-bond donors (Lipinski definition) is 0. The Bertz CT molecular complexity index is 2590. The third-order valence-electron chi connectivity index (χ3n) is 10.7. The molecule has 0 bridgehead atoms. The average molecular weight is 613 g/mol. The van der Waals surface area contributed by atoms with Crippen molar-refractivity contribution < 1.29 is 4.74 Å². The predicted octanol–water partition coefficient (Wildman–Crippen LogP) is 13.1. The molecule has 1 nitrogen and oxygen atoms in total. The Hall–Kier alpha value is -5.92. The lowest BCUT2D eigenvalue weighted by Crippen LogP contribution is -2.15. The van der Waals surface area contributed by atoms with Gasteiger partial charge in [0.2, 0.25) is 0 Å². The summed E-state index contributed by atoms with van der Waals surface area (Å²) >= 11 is 0. The Morgan fingerprint density at radius 1 is 0.375 bits per heavy atom. The van der Waals surface area contributed by atoms with Crippen LogP contribution in [0.3, 0.4) is 0 Å². The van der Waals surface area contributed by atoms with E-state index < -0.39 is 0 Å². The van der Waals surface area contributed by atoms with Gasteiger partial charge in [-0.3, -0.25) is 0 Å². The number of benzene rings is 8. The highest BCUT2D eigenvalue weighted by Gasteiger charge is 2.37. The van der Waals surface area contributed by atoms with Crippen molar-refractivity contribution in [1.29, 1.82) is 0 Å². The molecule has 0 spiro atoms. The molecule has 1 heterocycles. The van der Waals surface area contributed by atoms with Gasteiger partial charge < -0.3 is 4.74 Å². The lowest BCUT2D eigenvalue weighted by molar-refractivity contribution is 0.487. The van der Waals surface area contributed by atoms with Gasteiger partial charge in [-0.25, -0.2) is 0 Å². The normalized spacial score (nSPS) is 13.5. The number of fused-ring (bicyclic) bond motifs is 7. The van der Waals surface area contributed by atoms with Crippen molar-refractivity contribution in [2.45, 2.75) is 19.3 Å². The van der Waals surface area contributed by atoms with Gasteiger partial charge >= 0.3 is 0 Å². The molecule has 1 aliphatic heterocycles. The van der Waals surface area contributed by atoms with E-state index in [0.29, 0.717) is 0 Å². The molecule has 0 unspecified atom stereocenters. The molecule has 8 aromatic carbocycles. The van der Waals surface area contributed by atoms with Gasteiger partial charge in [0.15, 0.2) is 0 Å². The van der Waals surface area contributed by atoms with E-state index in [2.05, 4.69) is 172 Å². The minimum Gasteiger partial charge on any atom is -0.456 e. The van der Waals surface area contributed by atoms with Gasteiger partial charge in [-0.05, 0) is 102 Å². The van der Waals surface area contributed by atoms with Crippen molar-refractivity contribution in [2.75, 3.05) is 0 Å². The smallest absolute Gasteiger partial charge is 0.135 e. The van der Waals surface area contributed by atoms with E-state index in [9.17, 15) is 0 Å². The zero-order chi connectivity index (χ0) is 32.0. The molecule has 0 saturated carbocycles. The fourth-order valence-electron chi connectivity index (χ4n) is 8.31. The molecule has 10 rings (SSSR count). The van der Waals surface area contributed by atoms with E-state index in [-0.39, 0.29) is 5.41 Å². The third-order valence-corrected chi connectivity index (χ3v) is 10.7. The molecule has 0 aromatic heterocycles. The topological polar surface area (TPSA) is 9.23 Å². The molecule has 1 aliphatic carbocycles. The summed E-state index contributed by atoms with van der Waals surface area (Å²) in [5.41, 5.74) is 15.2. The third kappa shape index (κ3) is 3.85. The van der Waals surface area contributed by atoms with Crippen LogP contribution >= 0.6 is 0 Å². The lowest BCUT2D eigenvalue weighted by atomic mass is 9.80. The first kappa shape index (κ1) is 27.2. The van der Waals surface area contributed by atoms with Crippen LogP contribution in [0.1, 0.15) is 25.0 Å². The van der Waals surface area contributed by atoms with Crippen LogP contribution in [0, 0.1) is 0 Å². The van der Waals surface area contributed by atoms with Gasteiger partial charge in [0.25, 0.3) is 0 Å². The van der Waals surface area contributed by atoms with Crippen LogP contribution in [0.2, 0.25) is 0 Å². The molecule has 0 fully saturated rings. The van der Waals surface area contributed by atoms with Crippen LogP contribution in [0.15, 0.2) is 158 Å². The van der Waals surface area contributed by atoms with Crippen LogP contribution in [0.4, 0.5) is 0 Å². The number of hydrogen-bond acceptors (Lipinski definition) is 1.